The predicted molar refractivity (Wildman–Crippen MR) is 91.5 cm³/mol. The molecule has 0 aliphatic heterocycles. The van der Waals surface area contributed by atoms with Crippen LogP contribution in [0.2, 0.25) is 10.0 Å². The van der Waals surface area contributed by atoms with Crippen LogP contribution < -0.4 is 0 Å². The van der Waals surface area contributed by atoms with Crippen LogP contribution in [0.3, 0.4) is 0 Å². The number of ether oxygens (including phenoxy) is 1. The Labute approximate surface area is 141 Å². The van der Waals surface area contributed by atoms with E-state index in [4.69, 9.17) is 27.9 Å². The van der Waals surface area contributed by atoms with Gasteiger partial charge in [-0.1, -0.05) is 54.8 Å². The molecule has 0 heterocycles. The summed E-state index contributed by atoms with van der Waals surface area (Å²) in [7, 11) is 1.64. The van der Waals surface area contributed by atoms with Gasteiger partial charge in [-0.15, -0.1) is 0 Å². The lowest BCUT2D eigenvalue weighted by Crippen LogP contribution is -2.11. The standard InChI is InChI=1S/C18H18Cl2O2/c1-3-5-12-10-13(6-4-7-17(12)22-2)18(21)14-8-9-15(19)16(20)11-14/h4,6-11,13H,3,5H2,1-2H3. The highest BCUT2D eigenvalue weighted by Gasteiger charge is 2.19. The van der Waals surface area contributed by atoms with E-state index in [0.717, 1.165) is 24.2 Å². The summed E-state index contributed by atoms with van der Waals surface area (Å²) in [6.07, 6.45) is 9.44. The van der Waals surface area contributed by atoms with Gasteiger partial charge in [-0.05, 0) is 36.3 Å². The number of rotatable bonds is 5. The van der Waals surface area contributed by atoms with Crippen molar-refractivity contribution >= 4 is 29.0 Å². The van der Waals surface area contributed by atoms with Crippen LogP contribution in [0.4, 0.5) is 0 Å². The van der Waals surface area contributed by atoms with Crippen LogP contribution in [0.5, 0.6) is 0 Å². The molecule has 1 aliphatic rings. The minimum atomic E-state index is -0.331. The van der Waals surface area contributed by atoms with Crippen molar-refractivity contribution < 1.29 is 9.53 Å². The molecule has 1 aromatic rings. The molecule has 0 saturated heterocycles. The molecule has 1 unspecified atom stereocenters. The van der Waals surface area contributed by atoms with Gasteiger partial charge in [0.05, 0.1) is 23.1 Å². The van der Waals surface area contributed by atoms with E-state index in [9.17, 15) is 4.79 Å². The summed E-state index contributed by atoms with van der Waals surface area (Å²) < 4.78 is 5.40. The molecule has 1 aliphatic carbocycles. The first-order chi connectivity index (χ1) is 10.6. The maximum atomic E-state index is 12.7. The Balaban J connectivity index is 2.32. The lowest BCUT2D eigenvalue weighted by atomic mass is 9.94. The number of carbonyl (C=O) groups is 1. The molecule has 0 saturated carbocycles. The summed E-state index contributed by atoms with van der Waals surface area (Å²) in [6, 6.07) is 4.96. The smallest absolute Gasteiger partial charge is 0.173 e. The number of benzene rings is 1. The second kappa shape index (κ2) is 7.66. The Morgan fingerprint density at radius 3 is 2.68 bits per heavy atom. The van der Waals surface area contributed by atoms with E-state index in [1.807, 2.05) is 24.3 Å². The number of halogens is 2. The number of allylic oxidation sites excluding steroid dienone is 5. The lowest BCUT2D eigenvalue weighted by molar-refractivity contribution is 0.0965. The summed E-state index contributed by atoms with van der Waals surface area (Å²) in [6.45, 7) is 2.10. The van der Waals surface area contributed by atoms with Gasteiger partial charge in [0.25, 0.3) is 0 Å². The third-order valence-electron chi connectivity index (χ3n) is 3.51. The van der Waals surface area contributed by atoms with Gasteiger partial charge in [-0.3, -0.25) is 4.79 Å². The average Bonchev–Trinajstić information content (AvgIpc) is 2.72. The Morgan fingerprint density at radius 1 is 1.27 bits per heavy atom. The molecular formula is C18H18Cl2O2. The minimum Gasteiger partial charge on any atom is -0.496 e. The molecule has 1 atom stereocenters. The van der Waals surface area contributed by atoms with Crippen molar-refractivity contribution in [3.63, 3.8) is 0 Å². The molecule has 0 amide bonds. The number of hydrogen-bond acceptors (Lipinski definition) is 2. The molecule has 0 fully saturated rings. The third-order valence-corrected chi connectivity index (χ3v) is 4.25. The third kappa shape index (κ3) is 3.82. The first-order valence-corrected chi connectivity index (χ1v) is 7.95. The molecule has 116 valence electrons. The van der Waals surface area contributed by atoms with Gasteiger partial charge in [0, 0.05) is 5.56 Å². The normalized spacial score (nSPS) is 17.5. The van der Waals surface area contributed by atoms with Crippen molar-refractivity contribution in [2.45, 2.75) is 19.8 Å². The largest absolute Gasteiger partial charge is 0.496 e. The van der Waals surface area contributed by atoms with Crippen LogP contribution in [-0.2, 0) is 4.74 Å². The topological polar surface area (TPSA) is 26.3 Å². The molecule has 0 bridgehead atoms. The van der Waals surface area contributed by atoms with Gasteiger partial charge in [0.1, 0.15) is 5.76 Å². The summed E-state index contributed by atoms with van der Waals surface area (Å²) in [5, 5.41) is 0.832. The summed E-state index contributed by atoms with van der Waals surface area (Å²) in [5.41, 5.74) is 1.60. The fourth-order valence-electron chi connectivity index (χ4n) is 2.40. The van der Waals surface area contributed by atoms with E-state index in [1.54, 1.807) is 25.3 Å². The zero-order chi connectivity index (χ0) is 16.1. The van der Waals surface area contributed by atoms with Crippen molar-refractivity contribution in [1.82, 2.24) is 0 Å². The zero-order valence-electron chi connectivity index (χ0n) is 12.6. The molecule has 0 aromatic heterocycles. The molecule has 1 aromatic carbocycles. The summed E-state index contributed by atoms with van der Waals surface area (Å²) in [5.74, 6) is 0.472. The van der Waals surface area contributed by atoms with E-state index in [-0.39, 0.29) is 11.7 Å². The molecule has 2 rings (SSSR count). The van der Waals surface area contributed by atoms with Crippen LogP contribution in [0.25, 0.3) is 0 Å². The van der Waals surface area contributed by atoms with Crippen LogP contribution in [0.15, 0.2) is 53.8 Å². The Morgan fingerprint density at radius 2 is 2.05 bits per heavy atom. The second-order valence-electron chi connectivity index (χ2n) is 5.08. The molecule has 0 spiro atoms. The zero-order valence-corrected chi connectivity index (χ0v) is 14.1. The van der Waals surface area contributed by atoms with Crippen molar-refractivity contribution in [3.8, 4) is 0 Å². The molecule has 4 heteroatoms. The number of Topliss-reactive ketones (excluding diaryl/α,β-unsaturated/α-hetero) is 1. The highest BCUT2D eigenvalue weighted by molar-refractivity contribution is 6.42. The average molecular weight is 337 g/mol. The minimum absolute atomic E-state index is 0.00540. The van der Waals surface area contributed by atoms with Gasteiger partial charge in [0.2, 0.25) is 0 Å². The van der Waals surface area contributed by atoms with Crippen LogP contribution in [0, 0.1) is 5.92 Å². The van der Waals surface area contributed by atoms with Gasteiger partial charge in [0.15, 0.2) is 5.78 Å². The number of methoxy groups -OCH3 is 1. The van der Waals surface area contributed by atoms with Crippen LogP contribution in [-0.4, -0.2) is 12.9 Å². The molecule has 22 heavy (non-hydrogen) atoms. The first-order valence-electron chi connectivity index (χ1n) is 7.19. The van der Waals surface area contributed by atoms with Gasteiger partial charge in [-0.25, -0.2) is 0 Å². The van der Waals surface area contributed by atoms with E-state index < -0.39 is 0 Å². The van der Waals surface area contributed by atoms with Gasteiger partial charge >= 0.3 is 0 Å². The fraction of sp³-hybridized carbons (Fsp3) is 0.278. The molecule has 2 nitrogen and oxygen atoms in total. The maximum Gasteiger partial charge on any atom is 0.173 e. The van der Waals surface area contributed by atoms with Gasteiger partial charge < -0.3 is 4.74 Å². The SMILES string of the molecule is CCCC1=CC(C(=O)c2ccc(Cl)c(Cl)c2)C=CC=C1OC. The number of ketones is 1. The van der Waals surface area contributed by atoms with E-state index in [0.29, 0.717) is 15.6 Å². The Hall–Kier alpha value is -1.51. The van der Waals surface area contributed by atoms with Crippen molar-refractivity contribution in [2.75, 3.05) is 7.11 Å². The Bertz CT molecular complexity index is 657. The molecular weight excluding hydrogens is 319 g/mol. The van der Waals surface area contributed by atoms with Crippen molar-refractivity contribution in [3.05, 3.63) is 69.4 Å². The van der Waals surface area contributed by atoms with Crippen molar-refractivity contribution in [1.29, 1.82) is 0 Å². The second-order valence-corrected chi connectivity index (χ2v) is 5.90. The molecule has 0 radical (unpaired) electrons. The summed E-state index contributed by atoms with van der Waals surface area (Å²) >= 11 is 11.9. The predicted octanol–water partition coefficient (Wildman–Crippen LogP) is 5.62. The van der Waals surface area contributed by atoms with Gasteiger partial charge in [-0.2, -0.15) is 0 Å². The maximum absolute atomic E-state index is 12.7. The van der Waals surface area contributed by atoms with Crippen LogP contribution in [0.1, 0.15) is 30.1 Å². The Kier molecular flexibility index (Phi) is 5.87. The monoisotopic (exact) mass is 336 g/mol. The van der Waals surface area contributed by atoms with E-state index >= 15 is 0 Å². The number of hydrogen-bond donors (Lipinski definition) is 0. The summed E-state index contributed by atoms with van der Waals surface area (Å²) in [4.78, 5) is 12.7. The first kappa shape index (κ1) is 16.9. The lowest BCUT2D eigenvalue weighted by Gasteiger charge is -2.12. The van der Waals surface area contributed by atoms with Crippen molar-refractivity contribution in [2.24, 2.45) is 5.92 Å². The number of carbonyl (C=O) groups excluding carboxylic acids is 1. The molecule has 0 N–H and O–H groups in total. The van der Waals surface area contributed by atoms with Crippen LogP contribution >= 0.6 is 23.2 Å². The van der Waals surface area contributed by atoms with E-state index in [1.165, 1.54) is 0 Å². The highest BCUT2D eigenvalue weighted by atomic mass is 35.5. The fourth-order valence-corrected chi connectivity index (χ4v) is 2.70. The van der Waals surface area contributed by atoms with E-state index in [2.05, 4.69) is 6.92 Å². The quantitative estimate of drug-likeness (QED) is 0.652. The highest BCUT2D eigenvalue weighted by Crippen LogP contribution is 2.27.